The molecule has 2 aliphatic heterocycles. The van der Waals surface area contributed by atoms with E-state index in [1.54, 1.807) is 0 Å². The number of rotatable bonds is 2. The third-order valence-electron chi connectivity index (χ3n) is 4.59. The predicted octanol–water partition coefficient (Wildman–Crippen LogP) is 2.98. The van der Waals surface area contributed by atoms with Gasteiger partial charge in [-0.05, 0) is 19.4 Å². The second kappa shape index (κ2) is 5.88. The Morgan fingerprint density at radius 2 is 1.64 bits per heavy atom. The van der Waals surface area contributed by atoms with Gasteiger partial charge in [-0.25, -0.2) is 0 Å². The van der Waals surface area contributed by atoms with Crippen molar-refractivity contribution in [1.29, 1.82) is 0 Å². The van der Waals surface area contributed by atoms with Crippen LogP contribution in [0.5, 0.6) is 0 Å². The number of hydrogen-bond donors (Lipinski definition) is 2. The number of carbonyl (C=O) groups excluding carboxylic acids is 1. The molecule has 2 N–H and O–H groups in total. The highest BCUT2D eigenvalue weighted by Crippen LogP contribution is 2.34. The molecule has 1 atom stereocenters. The first kappa shape index (κ1) is 15.6. The lowest BCUT2D eigenvalue weighted by Gasteiger charge is -2.24. The maximum Gasteiger partial charge on any atom is 0.268 e. The van der Waals surface area contributed by atoms with Gasteiger partial charge in [0, 0.05) is 11.1 Å². The molecule has 4 nitrogen and oxygen atoms in total. The van der Waals surface area contributed by atoms with Crippen molar-refractivity contribution in [2.75, 3.05) is 6.54 Å². The summed E-state index contributed by atoms with van der Waals surface area (Å²) in [5.74, 6) is -0.0672. The minimum absolute atomic E-state index is 0.0672. The topological polar surface area (TPSA) is 53.5 Å². The second-order valence-corrected chi connectivity index (χ2v) is 7.15. The molecule has 0 saturated heterocycles. The zero-order chi connectivity index (χ0) is 17.4. The third-order valence-corrected chi connectivity index (χ3v) is 4.59. The van der Waals surface area contributed by atoms with Gasteiger partial charge in [-0.15, -0.1) is 0 Å². The summed E-state index contributed by atoms with van der Waals surface area (Å²) in [4.78, 5) is 17.6. The number of nitrogens with one attached hydrogen (secondary N) is 2. The Morgan fingerprint density at radius 3 is 2.32 bits per heavy atom. The van der Waals surface area contributed by atoms with Crippen molar-refractivity contribution in [3.05, 3.63) is 83.1 Å². The van der Waals surface area contributed by atoms with Crippen LogP contribution in [0.1, 0.15) is 31.0 Å². The summed E-state index contributed by atoms with van der Waals surface area (Å²) in [6.45, 7) is 4.75. The molecular weight excluding hydrogens is 310 g/mol. The van der Waals surface area contributed by atoms with Crippen LogP contribution in [-0.4, -0.2) is 23.7 Å². The molecule has 0 saturated carbocycles. The smallest absolute Gasteiger partial charge is 0.268 e. The fraction of sp³-hybridized carbons (Fsp3) is 0.238. The van der Waals surface area contributed by atoms with Crippen LogP contribution >= 0.6 is 0 Å². The molecule has 0 bridgehead atoms. The van der Waals surface area contributed by atoms with E-state index in [4.69, 9.17) is 4.99 Å². The van der Waals surface area contributed by atoms with Crippen molar-refractivity contribution in [3.63, 3.8) is 0 Å². The molecule has 2 aliphatic rings. The fourth-order valence-electron chi connectivity index (χ4n) is 3.40. The minimum Gasteiger partial charge on any atom is -0.373 e. The Hall–Kier alpha value is -2.88. The number of nitrogens with zero attached hydrogens (tertiary/aromatic N) is 1. The van der Waals surface area contributed by atoms with E-state index < -0.39 is 0 Å². The first-order valence-electron chi connectivity index (χ1n) is 8.53. The minimum atomic E-state index is -0.278. The van der Waals surface area contributed by atoms with Crippen molar-refractivity contribution in [2.24, 2.45) is 4.99 Å². The van der Waals surface area contributed by atoms with Gasteiger partial charge >= 0.3 is 0 Å². The summed E-state index contributed by atoms with van der Waals surface area (Å²) in [5, 5.41) is 6.54. The Labute approximate surface area is 147 Å². The molecule has 0 aromatic heterocycles. The summed E-state index contributed by atoms with van der Waals surface area (Å²) < 4.78 is 0. The molecule has 2 aromatic carbocycles. The van der Waals surface area contributed by atoms with Crippen LogP contribution in [0.15, 0.2) is 76.9 Å². The van der Waals surface area contributed by atoms with Gasteiger partial charge in [0.25, 0.3) is 5.91 Å². The summed E-state index contributed by atoms with van der Waals surface area (Å²) in [6.07, 6.45) is 0. The van der Waals surface area contributed by atoms with Gasteiger partial charge in [0.1, 0.15) is 5.70 Å². The monoisotopic (exact) mass is 331 g/mol. The molecular formula is C21H21N3O. The number of amides is 1. The van der Waals surface area contributed by atoms with E-state index in [9.17, 15) is 4.79 Å². The van der Waals surface area contributed by atoms with Gasteiger partial charge in [0.15, 0.2) is 0 Å². The van der Waals surface area contributed by atoms with E-state index in [1.807, 2.05) is 60.7 Å². The average molecular weight is 331 g/mol. The predicted molar refractivity (Wildman–Crippen MR) is 99.4 cm³/mol. The van der Waals surface area contributed by atoms with E-state index in [2.05, 4.69) is 24.5 Å². The van der Waals surface area contributed by atoms with E-state index in [0.29, 0.717) is 12.2 Å². The number of carbonyl (C=O) groups is 1. The SMILES string of the molecule is CC1(C)CN=C(c2ccccc2)C2=C(N1)C(=O)NC2c1ccccc1. The van der Waals surface area contributed by atoms with Crippen LogP contribution in [0.4, 0.5) is 0 Å². The molecule has 1 amide bonds. The first-order valence-corrected chi connectivity index (χ1v) is 8.53. The quantitative estimate of drug-likeness (QED) is 0.889. The third kappa shape index (κ3) is 2.84. The van der Waals surface area contributed by atoms with Crippen LogP contribution in [0.25, 0.3) is 0 Å². The highest BCUT2D eigenvalue weighted by atomic mass is 16.2. The molecule has 0 radical (unpaired) electrons. The number of benzene rings is 2. The number of aliphatic imine (C=N–C) groups is 1. The summed E-state index contributed by atoms with van der Waals surface area (Å²) in [5.41, 5.74) is 4.28. The van der Waals surface area contributed by atoms with Crippen molar-refractivity contribution in [3.8, 4) is 0 Å². The molecule has 4 rings (SSSR count). The maximum atomic E-state index is 12.7. The molecule has 1 unspecified atom stereocenters. The lowest BCUT2D eigenvalue weighted by Crippen LogP contribution is -2.43. The first-order chi connectivity index (χ1) is 12.1. The second-order valence-electron chi connectivity index (χ2n) is 7.15. The summed E-state index contributed by atoms with van der Waals surface area (Å²) >= 11 is 0. The van der Waals surface area contributed by atoms with E-state index in [1.165, 1.54) is 0 Å². The highest BCUT2D eigenvalue weighted by Gasteiger charge is 2.39. The van der Waals surface area contributed by atoms with E-state index >= 15 is 0 Å². The van der Waals surface area contributed by atoms with Crippen molar-refractivity contribution in [1.82, 2.24) is 10.6 Å². The molecule has 2 aromatic rings. The van der Waals surface area contributed by atoms with E-state index in [-0.39, 0.29) is 17.5 Å². The van der Waals surface area contributed by atoms with Crippen LogP contribution < -0.4 is 10.6 Å². The maximum absolute atomic E-state index is 12.7. The molecule has 126 valence electrons. The molecule has 0 spiro atoms. The van der Waals surface area contributed by atoms with Gasteiger partial charge in [-0.2, -0.15) is 0 Å². The average Bonchev–Trinajstić information content (AvgIpc) is 2.84. The lowest BCUT2D eigenvalue weighted by molar-refractivity contribution is -0.117. The standard InChI is InChI=1S/C21H21N3O/c1-21(2)13-22-17(14-9-5-3-6-10-14)16-18(15-11-7-4-8-12-15)23-20(25)19(16)24-21/h3-12,18,24H,13H2,1-2H3,(H,23,25). The van der Waals surface area contributed by atoms with Gasteiger partial charge < -0.3 is 10.6 Å². The summed E-state index contributed by atoms with van der Waals surface area (Å²) in [7, 11) is 0. The van der Waals surface area contributed by atoms with Crippen LogP contribution in [0.3, 0.4) is 0 Å². The van der Waals surface area contributed by atoms with Crippen molar-refractivity contribution < 1.29 is 4.79 Å². The highest BCUT2D eigenvalue weighted by molar-refractivity contribution is 6.19. The molecule has 25 heavy (non-hydrogen) atoms. The van der Waals surface area contributed by atoms with Crippen LogP contribution in [-0.2, 0) is 4.79 Å². The molecule has 4 heteroatoms. The number of hydrogen-bond acceptors (Lipinski definition) is 3. The van der Waals surface area contributed by atoms with Gasteiger partial charge in [-0.1, -0.05) is 60.7 Å². The Morgan fingerprint density at radius 1 is 1.00 bits per heavy atom. The normalized spacial score (nSPS) is 21.8. The Bertz CT molecular complexity index is 867. The zero-order valence-corrected chi connectivity index (χ0v) is 14.4. The fourth-order valence-corrected chi connectivity index (χ4v) is 3.40. The van der Waals surface area contributed by atoms with Gasteiger partial charge in [-0.3, -0.25) is 9.79 Å². The van der Waals surface area contributed by atoms with Crippen LogP contribution in [0.2, 0.25) is 0 Å². The molecule has 2 heterocycles. The van der Waals surface area contributed by atoms with Crippen molar-refractivity contribution in [2.45, 2.75) is 25.4 Å². The largest absolute Gasteiger partial charge is 0.373 e. The molecule has 0 aliphatic carbocycles. The Balaban J connectivity index is 1.90. The Kier molecular flexibility index (Phi) is 3.68. The lowest BCUT2D eigenvalue weighted by atomic mass is 9.92. The van der Waals surface area contributed by atoms with E-state index in [0.717, 1.165) is 22.4 Å². The summed E-state index contributed by atoms with van der Waals surface area (Å²) in [6, 6.07) is 20.0. The van der Waals surface area contributed by atoms with Crippen molar-refractivity contribution >= 4 is 11.6 Å². The van der Waals surface area contributed by atoms with Gasteiger partial charge in [0.2, 0.25) is 0 Å². The van der Waals surface area contributed by atoms with Gasteiger partial charge in [0.05, 0.1) is 23.8 Å². The zero-order valence-electron chi connectivity index (χ0n) is 14.4. The molecule has 0 fully saturated rings. The van der Waals surface area contributed by atoms with Crippen LogP contribution in [0, 0.1) is 0 Å².